The summed E-state index contributed by atoms with van der Waals surface area (Å²) in [5.74, 6) is 2.77. The molecular formula is C26H22ClN3O4. The summed E-state index contributed by atoms with van der Waals surface area (Å²) in [5.41, 5.74) is 3.70. The molecule has 0 saturated heterocycles. The van der Waals surface area contributed by atoms with Crippen LogP contribution in [0.2, 0.25) is 5.02 Å². The second-order valence-corrected chi connectivity index (χ2v) is 8.25. The Hall–Kier alpha value is -4.02. The van der Waals surface area contributed by atoms with Gasteiger partial charge < -0.3 is 15.0 Å². The zero-order chi connectivity index (χ0) is 24.1. The lowest BCUT2D eigenvalue weighted by Crippen LogP contribution is -2.29. The van der Waals surface area contributed by atoms with E-state index >= 15 is 0 Å². The largest absolute Gasteiger partial charge is 0.481 e. The second-order valence-electron chi connectivity index (χ2n) is 7.84. The summed E-state index contributed by atoms with van der Waals surface area (Å²) in [5, 5.41) is 14.0. The van der Waals surface area contributed by atoms with Crippen LogP contribution in [-0.4, -0.2) is 24.0 Å². The van der Waals surface area contributed by atoms with Gasteiger partial charge in [0.1, 0.15) is 12.4 Å². The number of amides is 1. The summed E-state index contributed by atoms with van der Waals surface area (Å²) in [6.07, 6.45) is 7.18. The average Bonchev–Trinajstić information content (AvgIpc) is 2.83. The topological polar surface area (TPSA) is 84.7 Å². The lowest BCUT2D eigenvalue weighted by molar-refractivity contribution is -0.384. The maximum absolute atomic E-state index is 12.8. The first-order chi connectivity index (χ1) is 16.5. The molecule has 8 heteroatoms. The van der Waals surface area contributed by atoms with Crippen LogP contribution in [-0.2, 0) is 13.0 Å². The van der Waals surface area contributed by atoms with E-state index in [1.807, 2.05) is 42.5 Å². The van der Waals surface area contributed by atoms with Gasteiger partial charge in [0.05, 0.1) is 15.5 Å². The fourth-order valence-corrected chi connectivity index (χ4v) is 4.22. The fourth-order valence-electron chi connectivity index (χ4n) is 4.02. The highest BCUT2D eigenvalue weighted by atomic mass is 35.5. The number of nitrogens with one attached hydrogen (secondary N) is 1. The number of hydrogen-bond donors (Lipinski definition) is 1. The standard InChI is InChI=1S/C26H22ClN3O4/c1-2-14-34-25-8-4-3-6-19(25)17-29-13-5-7-18-15-20(9-12-24(18)29)28-26(31)22-16-21(30(32)33)10-11-23(22)27/h1,3-4,6,8-12,15-16H,5,7,13-14,17H2,(H,28,31). The molecule has 172 valence electrons. The fraction of sp³-hybridized carbons (Fsp3) is 0.192. The summed E-state index contributed by atoms with van der Waals surface area (Å²) in [6, 6.07) is 17.4. The lowest BCUT2D eigenvalue weighted by atomic mass is 10.00. The third kappa shape index (κ3) is 5.13. The molecule has 3 aromatic carbocycles. The molecule has 7 nitrogen and oxygen atoms in total. The molecule has 0 unspecified atom stereocenters. The first-order valence-corrected chi connectivity index (χ1v) is 11.1. The number of ether oxygens (including phenoxy) is 1. The van der Waals surface area contributed by atoms with Crippen molar-refractivity contribution in [2.75, 3.05) is 23.4 Å². The number of non-ortho nitro benzene ring substituents is 1. The van der Waals surface area contributed by atoms with E-state index in [0.717, 1.165) is 42.0 Å². The number of para-hydroxylation sites is 1. The van der Waals surface area contributed by atoms with Crippen molar-refractivity contribution < 1.29 is 14.5 Å². The summed E-state index contributed by atoms with van der Waals surface area (Å²) in [4.78, 5) is 25.5. The average molecular weight is 476 g/mol. The van der Waals surface area contributed by atoms with Gasteiger partial charge in [-0.3, -0.25) is 14.9 Å². The van der Waals surface area contributed by atoms with Gasteiger partial charge >= 0.3 is 0 Å². The smallest absolute Gasteiger partial charge is 0.270 e. The Morgan fingerprint density at radius 1 is 1.21 bits per heavy atom. The highest BCUT2D eigenvalue weighted by Gasteiger charge is 2.20. The van der Waals surface area contributed by atoms with E-state index in [2.05, 4.69) is 16.1 Å². The Kier molecular flexibility index (Phi) is 7.00. The van der Waals surface area contributed by atoms with Crippen LogP contribution in [0.25, 0.3) is 0 Å². The van der Waals surface area contributed by atoms with Gasteiger partial charge in [-0.25, -0.2) is 0 Å². The number of benzene rings is 3. The van der Waals surface area contributed by atoms with E-state index in [9.17, 15) is 14.9 Å². The highest BCUT2D eigenvalue weighted by Crippen LogP contribution is 2.33. The van der Waals surface area contributed by atoms with Gasteiger partial charge in [-0.1, -0.05) is 35.7 Å². The Morgan fingerprint density at radius 2 is 2.03 bits per heavy atom. The molecule has 1 N–H and O–H groups in total. The number of rotatable bonds is 7. The van der Waals surface area contributed by atoms with Gasteiger partial charge in [0.25, 0.3) is 11.6 Å². The number of nitro groups is 1. The van der Waals surface area contributed by atoms with Crippen molar-refractivity contribution in [2.24, 2.45) is 0 Å². The molecule has 0 radical (unpaired) electrons. The quantitative estimate of drug-likeness (QED) is 0.278. The Balaban J connectivity index is 1.53. The normalized spacial score (nSPS) is 12.4. The molecule has 0 aliphatic carbocycles. The Bertz CT molecular complexity index is 1290. The van der Waals surface area contributed by atoms with Crippen molar-refractivity contribution in [2.45, 2.75) is 19.4 Å². The van der Waals surface area contributed by atoms with Crippen LogP contribution in [0.1, 0.15) is 27.9 Å². The third-order valence-corrected chi connectivity index (χ3v) is 5.93. The molecule has 0 spiro atoms. The minimum atomic E-state index is -0.559. The maximum atomic E-state index is 12.8. The van der Waals surface area contributed by atoms with Crippen LogP contribution in [0, 0.1) is 22.5 Å². The van der Waals surface area contributed by atoms with Gasteiger partial charge in [-0.15, -0.1) is 6.42 Å². The number of hydrogen-bond acceptors (Lipinski definition) is 5. The minimum absolute atomic E-state index is 0.0544. The molecule has 0 fully saturated rings. The first kappa shape index (κ1) is 23.1. The molecule has 0 bridgehead atoms. The second kappa shape index (κ2) is 10.3. The van der Waals surface area contributed by atoms with Gasteiger partial charge in [-0.2, -0.15) is 0 Å². The van der Waals surface area contributed by atoms with E-state index in [4.69, 9.17) is 22.8 Å². The molecule has 0 atom stereocenters. The Morgan fingerprint density at radius 3 is 2.82 bits per heavy atom. The molecule has 0 aromatic heterocycles. The molecule has 1 heterocycles. The highest BCUT2D eigenvalue weighted by molar-refractivity contribution is 6.34. The predicted molar refractivity (Wildman–Crippen MR) is 133 cm³/mol. The van der Waals surface area contributed by atoms with Gasteiger partial charge in [0.15, 0.2) is 0 Å². The third-order valence-electron chi connectivity index (χ3n) is 5.60. The number of fused-ring (bicyclic) bond motifs is 1. The van der Waals surface area contributed by atoms with E-state index < -0.39 is 10.8 Å². The summed E-state index contributed by atoms with van der Waals surface area (Å²) in [6.45, 7) is 1.78. The van der Waals surface area contributed by atoms with Crippen LogP contribution in [0.5, 0.6) is 5.75 Å². The molecule has 1 aliphatic rings. The van der Waals surface area contributed by atoms with Crippen molar-refractivity contribution >= 4 is 34.6 Å². The SMILES string of the molecule is C#CCOc1ccccc1CN1CCCc2cc(NC(=O)c3cc([N+](=O)[O-])ccc3Cl)ccc21. The summed E-state index contributed by atoms with van der Waals surface area (Å²) < 4.78 is 5.69. The minimum Gasteiger partial charge on any atom is -0.481 e. The number of carbonyl (C=O) groups is 1. The number of nitrogens with zero attached hydrogens (tertiary/aromatic N) is 2. The summed E-state index contributed by atoms with van der Waals surface area (Å²) in [7, 11) is 0. The van der Waals surface area contributed by atoms with Crippen LogP contribution in [0.15, 0.2) is 60.7 Å². The number of carbonyl (C=O) groups excluding carboxylic acids is 1. The first-order valence-electron chi connectivity index (χ1n) is 10.7. The monoisotopic (exact) mass is 475 g/mol. The van der Waals surface area contributed by atoms with Crippen molar-refractivity contribution in [3.05, 3.63) is 92.5 Å². The number of nitro benzene ring substituents is 1. The number of aryl methyl sites for hydroxylation is 1. The molecular weight excluding hydrogens is 454 g/mol. The molecule has 1 aliphatic heterocycles. The molecule has 4 rings (SSSR count). The van der Waals surface area contributed by atoms with Crippen molar-refractivity contribution in [1.82, 2.24) is 0 Å². The van der Waals surface area contributed by atoms with Crippen LogP contribution in [0.4, 0.5) is 17.1 Å². The van der Waals surface area contributed by atoms with Gasteiger partial charge in [0, 0.05) is 42.2 Å². The summed E-state index contributed by atoms with van der Waals surface area (Å²) >= 11 is 6.11. The van der Waals surface area contributed by atoms with Crippen molar-refractivity contribution in [3.63, 3.8) is 0 Å². The number of halogens is 1. The lowest BCUT2D eigenvalue weighted by Gasteiger charge is -2.32. The number of anilines is 2. The number of terminal acetylenes is 1. The van der Waals surface area contributed by atoms with Gasteiger partial charge in [-0.05, 0) is 48.7 Å². The Labute approximate surface area is 202 Å². The zero-order valence-corrected chi connectivity index (χ0v) is 19.0. The van der Waals surface area contributed by atoms with E-state index in [-0.39, 0.29) is 22.9 Å². The molecule has 0 saturated carbocycles. The zero-order valence-electron chi connectivity index (χ0n) is 18.3. The van der Waals surface area contributed by atoms with E-state index in [1.54, 1.807) is 0 Å². The van der Waals surface area contributed by atoms with Crippen molar-refractivity contribution in [3.8, 4) is 18.1 Å². The molecule has 3 aromatic rings. The van der Waals surface area contributed by atoms with Crippen LogP contribution < -0.4 is 15.0 Å². The molecule has 1 amide bonds. The van der Waals surface area contributed by atoms with E-state index in [0.29, 0.717) is 12.2 Å². The van der Waals surface area contributed by atoms with Crippen LogP contribution >= 0.6 is 11.6 Å². The van der Waals surface area contributed by atoms with Crippen LogP contribution in [0.3, 0.4) is 0 Å². The molecule has 34 heavy (non-hydrogen) atoms. The van der Waals surface area contributed by atoms with E-state index in [1.165, 1.54) is 18.2 Å². The van der Waals surface area contributed by atoms with Gasteiger partial charge in [0.2, 0.25) is 0 Å². The maximum Gasteiger partial charge on any atom is 0.270 e. The predicted octanol–water partition coefficient (Wildman–Crippen LogP) is 5.47. The van der Waals surface area contributed by atoms with Crippen molar-refractivity contribution in [1.29, 1.82) is 0 Å².